The molecule has 0 aliphatic heterocycles. The predicted molar refractivity (Wildman–Crippen MR) is 138 cm³/mol. The number of nitrogens with one attached hydrogen (secondary N) is 2. The molecule has 0 radical (unpaired) electrons. The van der Waals surface area contributed by atoms with Crippen LogP contribution >= 0.6 is 0 Å². The number of amides is 2. The number of carbonyl (C=O) groups is 2. The van der Waals surface area contributed by atoms with Gasteiger partial charge in [0.05, 0.1) is 12.5 Å². The third kappa shape index (κ3) is 5.78. The molecule has 0 unspecified atom stereocenters. The summed E-state index contributed by atoms with van der Waals surface area (Å²) in [5.41, 5.74) is 2.11. The van der Waals surface area contributed by atoms with Gasteiger partial charge in [-0.2, -0.15) is 0 Å². The van der Waals surface area contributed by atoms with E-state index in [4.69, 9.17) is 0 Å². The molecular formula is C30H40N2O3. The van der Waals surface area contributed by atoms with E-state index in [1.165, 1.54) is 0 Å². The minimum absolute atomic E-state index is 0.00215. The lowest BCUT2D eigenvalue weighted by molar-refractivity contribution is -0.143. The summed E-state index contributed by atoms with van der Waals surface area (Å²) < 4.78 is 0. The molecule has 2 aromatic rings. The second-order valence-corrected chi connectivity index (χ2v) is 11.1. The lowest BCUT2D eigenvalue weighted by Crippen LogP contribution is -2.58. The Balaban J connectivity index is 1.39. The summed E-state index contributed by atoms with van der Waals surface area (Å²) in [5.74, 6) is -0.110. The first-order chi connectivity index (χ1) is 16.8. The zero-order valence-electron chi connectivity index (χ0n) is 21.2. The van der Waals surface area contributed by atoms with Crippen molar-refractivity contribution in [3.63, 3.8) is 0 Å². The van der Waals surface area contributed by atoms with E-state index in [-0.39, 0.29) is 46.9 Å². The van der Waals surface area contributed by atoms with Crippen molar-refractivity contribution in [2.45, 2.75) is 71.6 Å². The van der Waals surface area contributed by atoms with E-state index < -0.39 is 6.10 Å². The Kier molecular flexibility index (Phi) is 7.95. The lowest BCUT2D eigenvalue weighted by Gasteiger charge is -2.56. The van der Waals surface area contributed by atoms with Crippen LogP contribution in [-0.4, -0.2) is 29.1 Å². The summed E-state index contributed by atoms with van der Waals surface area (Å²) in [5, 5.41) is 17.9. The Labute approximate surface area is 209 Å². The number of aliphatic hydroxyl groups is 1. The molecule has 0 bridgehead atoms. The van der Waals surface area contributed by atoms with Gasteiger partial charge in [0.1, 0.15) is 0 Å². The van der Waals surface area contributed by atoms with Crippen LogP contribution in [-0.2, 0) is 22.6 Å². The highest BCUT2D eigenvalue weighted by Gasteiger charge is 2.53. The molecule has 0 saturated heterocycles. The number of rotatable bonds is 7. The SMILES string of the molecule is C[C@H]1[C@@H]2[C@@H](O)[C@H]([C@H](C)C(=O)NCc3ccccc3)CC[C@@]2(C)CC[C@@H]1NC(=O)Cc1ccccc1. The van der Waals surface area contributed by atoms with Crippen LogP contribution in [0.2, 0.25) is 0 Å². The standard InChI is InChI=1S/C30H40N2O3/c1-20(29(35)31-19-23-12-8-5-9-13-23)24-14-16-30(3)17-15-25(21(2)27(30)28(24)34)32-26(33)18-22-10-6-4-7-11-22/h4-13,20-21,24-25,27-28,34H,14-19H2,1-3H3,(H,31,35)(H,32,33)/t20-,21+,24-,25-,27+,28-,30-/m0/s1. The lowest BCUT2D eigenvalue weighted by atomic mass is 9.51. The third-order valence-electron chi connectivity index (χ3n) is 8.81. The summed E-state index contributed by atoms with van der Waals surface area (Å²) in [7, 11) is 0. The van der Waals surface area contributed by atoms with Crippen LogP contribution in [0, 0.1) is 29.1 Å². The van der Waals surface area contributed by atoms with Crippen molar-refractivity contribution in [2.24, 2.45) is 29.1 Å². The Morgan fingerprint density at radius 2 is 1.60 bits per heavy atom. The van der Waals surface area contributed by atoms with E-state index in [1.807, 2.05) is 67.6 Å². The average Bonchev–Trinajstić information content (AvgIpc) is 2.85. The second kappa shape index (κ2) is 10.9. The van der Waals surface area contributed by atoms with Crippen molar-refractivity contribution in [2.75, 3.05) is 0 Å². The van der Waals surface area contributed by atoms with Gasteiger partial charge in [0.2, 0.25) is 11.8 Å². The average molecular weight is 477 g/mol. The van der Waals surface area contributed by atoms with Crippen LogP contribution in [0.3, 0.4) is 0 Å². The van der Waals surface area contributed by atoms with E-state index in [0.29, 0.717) is 13.0 Å². The Hall–Kier alpha value is -2.66. The fourth-order valence-corrected chi connectivity index (χ4v) is 6.68. The van der Waals surface area contributed by atoms with Crippen LogP contribution < -0.4 is 10.6 Å². The normalized spacial score (nSPS) is 31.1. The number of hydrogen-bond donors (Lipinski definition) is 3. The van der Waals surface area contributed by atoms with Crippen molar-refractivity contribution in [3.05, 3.63) is 71.8 Å². The molecule has 2 aromatic carbocycles. The first-order valence-electron chi connectivity index (χ1n) is 13.1. The number of fused-ring (bicyclic) bond motifs is 1. The molecule has 35 heavy (non-hydrogen) atoms. The summed E-state index contributed by atoms with van der Waals surface area (Å²) >= 11 is 0. The highest BCUT2D eigenvalue weighted by Crippen LogP contribution is 2.55. The molecular weight excluding hydrogens is 436 g/mol. The van der Waals surface area contributed by atoms with Gasteiger partial charge >= 0.3 is 0 Å². The highest BCUT2D eigenvalue weighted by atomic mass is 16.3. The maximum Gasteiger partial charge on any atom is 0.224 e. The molecule has 4 rings (SSSR count). The van der Waals surface area contributed by atoms with Gasteiger partial charge in [0.25, 0.3) is 0 Å². The van der Waals surface area contributed by atoms with Crippen LogP contribution in [0.1, 0.15) is 57.6 Å². The second-order valence-electron chi connectivity index (χ2n) is 11.1. The minimum atomic E-state index is -0.560. The van der Waals surface area contributed by atoms with Crippen LogP contribution in [0.5, 0.6) is 0 Å². The fourth-order valence-electron chi connectivity index (χ4n) is 6.68. The monoisotopic (exact) mass is 476 g/mol. The maximum atomic E-state index is 13.0. The first-order valence-corrected chi connectivity index (χ1v) is 13.1. The molecule has 5 nitrogen and oxygen atoms in total. The first kappa shape index (κ1) is 25.4. The van der Waals surface area contributed by atoms with E-state index in [2.05, 4.69) is 24.5 Å². The van der Waals surface area contributed by atoms with Crippen molar-refractivity contribution in [3.8, 4) is 0 Å². The molecule has 2 amide bonds. The number of carbonyl (C=O) groups excluding carboxylic acids is 2. The number of benzene rings is 2. The van der Waals surface area contributed by atoms with Gasteiger partial charge < -0.3 is 15.7 Å². The van der Waals surface area contributed by atoms with E-state index in [0.717, 1.165) is 36.8 Å². The molecule has 0 heterocycles. The zero-order valence-corrected chi connectivity index (χ0v) is 21.2. The van der Waals surface area contributed by atoms with Crippen LogP contribution in [0.15, 0.2) is 60.7 Å². The molecule has 5 heteroatoms. The molecule has 2 fully saturated rings. The van der Waals surface area contributed by atoms with Crippen molar-refractivity contribution in [1.82, 2.24) is 10.6 Å². The molecule has 188 valence electrons. The predicted octanol–water partition coefficient (Wildman–Crippen LogP) is 4.49. The summed E-state index contributed by atoms with van der Waals surface area (Å²) in [6.07, 6.45) is 3.58. The number of hydrogen-bond acceptors (Lipinski definition) is 3. The van der Waals surface area contributed by atoms with Gasteiger partial charge in [-0.25, -0.2) is 0 Å². The van der Waals surface area contributed by atoms with Crippen molar-refractivity contribution >= 4 is 11.8 Å². The molecule has 2 aliphatic carbocycles. The van der Waals surface area contributed by atoms with Gasteiger partial charge in [0, 0.05) is 18.5 Å². The summed E-state index contributed by atoms with van der Waals surface area (Å²) in [6.45, 7) is 6.90. The quantitative estimate of drug-likeness (QED) is 0.551. The summed E-state index contributed by atoms with van der Waals surface area (Å²) in [6, 6.07) is 19.7. The van der Waals surface area contributed by atoms with Gasteiger partial charge in [-0.1, -0.05) is 81.4 Å². The van der Waals surface area contributed by atoms with Crippen molar-refractivity contribution < 1.29 is 14.7 Å². The smallest absolute Gasteiger partial charge is 0.224 e. The van der Waals surface area contributed by atoms with Crippen molar-refractivity contribution in [1.29, 1.82) is 0 Å². The van der Waals surface area contributed by atoms with E-state index >= 15 is 0 Å². The zero-order chi connectivity index (χ0) is 25.0. The molecule has 2 aliphatic rings. The summed E-state index contributed by atoms with van der Waals surface area (Å²) in [4.78, 5) is 25.8. The molecule has 0 spiro atoms. The highest BCUT2D eigenvalue weighted by molar-refractivity contribution is 5.79. The Morgan fingerprint density at radius 1 is 1.00 bits per heavy atom. The van der Waals surface area contributed by atoms with Gasteiger partial charge in [-0.3, -0.25) is 9.59 Å². The van der Waals surface area contributed by atoms with Gasteiger partial charge in [0.15, 0.2) is 0 Å². The minimum Gasteiger partial charge on any atom is -0.392 e. The Bertz CT molecular complexity index is 995. The maximum absolute atomic E-state index is 13.0. The van der Waals surface area contributed by atoms with E-state index in [1.54, 1.807) is 0 Å². The van der Waals surface area contributed by atoms with Crippen LogP contribution in [0.4, 0.5) is 0 Å². The number of aliphatic hydroxyl groups excluding tert-OH is 1. The molecule has 7 atom stereocenters. The van der Waals surface area contributed by atoms with Gasteiger partial charge in [-0.15, -0.1) is 0 Å². The largest absolute Gasteiger partial charge is 0.392 e. The molecule has 3 N–H and O–H groups in total. The Morgan fingerprint density at radius 3 is 2.26 bits per heavy atom. The van der Waals surface area contributed by atoms with Crippen LogP contribution in [0.25, 0.3) is 0 Å². The fraction of sp³-hybridized carbons (Fsp3) is 0.533. The third-order valence-corrected chi connectivity index (χ3v) is 8.81. The molecule has 2 saturated carbocycles. The topological polar surface area (TPSA) is 78.4 Å². The molecule has 0 aromatic heterocycles. The van der Waals surface area contributed by atoms with Gasteiger partial charge in [-0.05, 0) is 60.0 Å². The van der Waals surface area contributed by atoms with E-state index in [9.17, 15) is 14.7 Å².